The van der Waals surface area contributed by atoms with Crippen LogP contribution in [-0.2, 0) is 6.54 Å². The molecule has 0 atom stereocenters. The van der Waals surface area contributed by atoms with Crippen LogP contribution in [0.1, 0.15) is 62.4 Å². The van der Waals surface area contributed by atoms with E-state index in [0.29, 0.717) is 12.1 Å². The van der Waals surface area contributed by atoms with Crippen molar-refractivity contribution in [3.63, 3.8) is 0 Å². The summed E-state index contributed by atoms with van der Waals surface area (Å²) in [6, 6.07) is 7.18. The van der Waals surface area contributed by atoms with Crippen molar-refractivity contribution in [3.05, 3.63) is 35.4 Å². The Morgan fingerprint density at radius 2 is 1.95 bits per heavy atom. The van der Waals surface area contributed by atoms with Crippen molar-refractivity contribution < 1.29 is 9.90 Å². The molecule has 0 unspecified atom stereocenters. The topological polar surface area (TPSA) is 49.3 Å². The second kappa shape index (κ2) is 8.05. The third-order valence-electron chi connectivity index (χ3n) is 3.62. The average molecular weight is 277 g/mol. The van der Waals surface area contributed by atoms with E-state index in [2.05, 4.69) is 26.1 Å². The summed E-state index contributed by atoms with van der Waals surface area (Å²) in [5, 5.41) is 12.5. The van der Waals surface area contributed by atoms with Gasteiger partial charge in [-0.3, -0.25) is 0 Å². The number of nitrogens with one attached hydrogen (secondary N) is 1. The van der Waals surface area contributed by atoms with Crippen molar-refractivity contribution in [1.29, 1.82) is 0 Å². The molecule has 3 heteroatoms. The summed E-state index contributed by atoms with van der Waals surface area (Å²) in [7, 11) is 0. The van der Waals surface area contributed by atoms with Crippen LogP contribution in [0, 0.1) is 5.41 Å². The smallest absolute Gasteiger partial charge is 0.336 e. The van der Waals surface area contributed by atoms with Crippen molar-refractivity contribution >= 4 is 5.97 Å². The zero-order valence-electron chi connectivity index (χ0n) is 12.9. The number of aromatic carboxylic acids is 1. The average Bonchev–Trinajstić information content (AvgIpc) is 2.39. The number of hydrogen-bond donors (Lipinski definition) is 2. The molecule has 0 aliphatic heterocycles. The molecule has 0 amide bonds. The van der Waals surface area contributed by atoms with E-state index in [4.69, 9.17) is 5.11 Å². The van der Waals surface area contributed by atoms with Gasteiger partial charge in [0.15, 0.2) is 0 Å². The molecule has 1 rings (SSSR count). The molecule has 0 aliphatic rings. The number of carboxylic acids is 1. The van der Waals surface area contributed by atoms with E-state index in [1.165, 1.54) is 25.7 Å². The van der Waals surface area contributed by atoms with Gasteiger partial charge in [-0.1, -0.05) is 58.2 Å². The van der Waals surface area contributed by atoms with E-state index in [0.717, 1.165) is 12.1 Å². The Kier molecular flexibility index (Phi) is 6.73. The van der Waals surface area contributed by atoms with Gasteiger partial charge >= 0.3 is 5.97 Å². The molecule has 0 radical (unpaired) electrons. The molecular formula is C17H27NO2. The Balaban J connectivity index is 2.46. The molecule has 20 heavy (non-hydrogen) atoms. The van der Waals surface area contributed by atoms with E-state index >= 15 is 0 Å². The van der Waals surface area contributed by atoms with E-state index in [9.17, 15) is 4.79 Å². The number of carboxylic acid groups (broad SMARTS) is 1. The summed E-state index contributed by atoms with van der Waals surface area (Å²) in [4.78, 5) is 11.1. The van der Waals surface area contributed by atoms with Gasteiger partial charge in [-0.25, -0.2) is 4.79 Å². The Hall–Kier alpha value is -1.35. The van der Waals surface area contributed by atoms with E-state index < -0.39 is 5.97 Å². The Morgan fingerprint density at radius 1 is 1.25 bits per heavy atom. The van der Waals surface area contributed by atoms with Crippen LogP contribution in [0.5, 0.6) is 0 Å². The van der Waals surface area contributed by atoms with Crippen LogP contribution in [0.4, 0.5) is 0 Å². The summed E-state index contributed by atoms with van der Waals surface area (Å²) in [5.41, 5.74) is 1.50. The lowest BCUT2D eigenvalue weighted by Crippen LogP contribution is -2.29. The predicted molar refractivity (Wildman–Crippen MR) is 83.0 cm³/mol. The zero-order valence-corrected chi connectivity index (χ0v) is 12.9. The first-order valence-corrected chi connectivity index (χ1v) is 7.48. The normalized spacial score (nSPS) is 11.6. The SMILES string of the molecule is CCCCCC(C)(C)CNCc1ccccc1C(=O)O. The van der Waals surface area contributed by atoms with E-state index in [-0.39, 0.29) is 5.41 Å². The lowest BCUT2D eigenvalue weighted by atomic mass is 9.87. The maximum atomic E-state index is 11.1. The fourth-order valence-electron chi connectivity index (χ4n) is 2.36. The first kappa shape index (κ1) is 16.7. The maximum Gasteiger partial charge on any atom is 0.336 e. The number of hydrogen-bond acceptors (Lipinski definition) is 2. The zero-order chi connectivity index (χ0) is 15.0. The van der Waals surface area contributed by atoms with Gasteiger partial charge in [-0.2, -0.15) is 0 Å². The minimum atomic E-state index is -0.857. The summed E-state index contributed by atoms with van der Waals surface area (Å²) in [6.07, 6.45) is 4.99. The predicted octanol–water partition coefficient (Wildman–Crippen LogP) is 4.08. The van der Waals surface area contributed by atoms with Gasteiger partial charge in [0.1, 0.15) is 0 Å². The Labute approximate surface area is 122 Å². The summed E-state index contributed by atoms with van der Waals surface area (Å²) in [5.74, 6) is -0.857. The summed E-state index contributed by atoms with van der Waals surface area (Å²) in [6.45, 7) is 8.26. The van der Waals surface area contributed by atoms with Crippen LogP contribution in [0.15, 0.2) is 24.3 Å². The molecule has 1 aromatic carbocycles. The largest absolute Gasteiger partial charge is 0.478 e. The van der Waals surface area contributed by atoms with Gasteiger partial charge < -0.3 is 10.4 Å². The Bertz CT molecular complexity index is 427. The third-order valence-corrected chi connectivity index (χ3v) is 3.62. The Morgan fingerprint density at radius 3 is 2.60 bits per heavy atom. The molecule has 0 fully saturated rings. The minimum Gasteiger partial charge on any atom is -0.478 e. The molecular weight excluding hydrogens is 250 g/mol. The van der Waals surface area contributed by atoms with Gasteiger partial charge in [0.05, 0.1) is 5.56 Å². The summed E-state index contributed by atoms with van der Waals surface area (Å²) < 4.78 is 0. The first-order chi connectivity index (χ1) is 9.46. The molecule has 112 valence electrons. The summed E-state index contributed by atoms with van der Waals surface area (Å²) >= 11 is 0. The number of rotatable bonds is 9. The molecule has 2 N–H and O–H groups in total. The molecule has 0 aromatic heterocycles. The van der Waals surface area contributed by atoms with Gasteiger partial charge in [-0.15, -0.1) is 0 Å². The van der Waals surface area contributed by atoms with Crippen LogP contribution in [0.25, 0.3) is 0 Å². The van der Waals surface area contributed by atoms with Crippen LogP contribution in [0.3, 0.4) is 0 Å². The van der Waals surface area contributed by atoms with Gasteiger partial charge in [0.2, 0.25) is 0 Å². The highest BCUT2D eigenvalue weighted by Crippen LogP contribution is 2.22. The van der Waals surface area contributed by atoms with Crippen molar-refractivity contribution in [1.82, 2.24) is 5.32 Å². The fraction of sp³-hybridized carbons (Fsp3) is 0.588. The second-order valence-electron chi connectivity index (χ2n) is 6.19. The molecule has 1 aromatic rings. The minimum absolute atomic E-state index is 0.257. The lowest BCUT2D eigenvalue weighted by Gasteiger charge is -2.25. The number of unbranched alkanes of at least 4 members (excludes halogenated alkanes) is 2. The highest BCUT2D eigenvalue weighted by Gasteiger charge is 2.17. The molecule has 0 bridgehead atoms. The van der Waals surface area contributed by atoms with Crippen LogP contribution in [0.2, 0.25) is 0 Å². The first-order valence-electron chi connectivity index (χ1n) is 7.48. The number of carbonyl (C=O) groups is 1. The number of benzene rings is 1. The quantitative estimate of drug-likeness (QED) is 0.669. The van der Waals surface area contributed by atoms with Crippen LogP contribution >= 0.6 is 0 Å². The second-order valence-corrected chi connectivity index (χ2v) is 6.19. The van der Waals surface area contributed by atoms with Crippen LogP contribution < -0.4 is 5.32 Å². The standard InChI is InChI=1S/C17H27NO2/c1-4-5-8-11-17(2,3)13-18-12-14-9-6-7-10-15(14)16(19)20/h6-7,9-10,18H,4-5,8,11-13H2,1-3H3,(H,19,20). The van der Waals surface area contributed by atoms with Crippen molar-refractivity contribution in [2.75, 3.05) is 6.54 Å². The van der Waals surface area contributed by atoms with Gasteiger partial charge in [-0.05, 0) is 23.5 Å². The third kappa shape index (κ3) is 5.74. The van der Waals surface area contributed by atoms with Crippen molar-refractivity contribution in [3.8, 4) is 0 Å². The van der Waals surface area contributed by atoms with E-state index in [1.807, 2.05) is 12.1 Å². The monoisotopic (exact) mass is 277 g/mol. The van der Waals surface area contributed by atoms with E-state index in [1.54, 1.807) is 12.1 Å². The molecule has 0 saturated carbocycles. The van der Waals surface area contributed by atoms with Crippen molar-refractivity contribution in [2.45, 2.75) is 53.0 Å². The molecule has 3 nitrogen and oxygen atoms in total. The molecule has 0 saturated heterocycles. The fourth-order valence-corrected chi connectivity index (χ4v) is 2.36. The highest BCUT2D eigenvalue weighted by molar-refractivity contribution is 5.89. The molecule has 0 aliphatic carbocycles. The molecule has 0 spiro atoms. The van der Waals surface area contributed by atoms with Gasteiger partial charge in [0.25, 0.3) is 0 Å². The lowest BCUT2D eigenvalue weighted by molar-refractivity contribution is 0.0695. The highest BCUT2D eigenvalue weighted by atomic mass is 16.4. The molecule has 0 heterocycles. The van der Waals surface area contributed by atoms with Crippen molar-refractivity contribution in [2.24, 2.45) is 5.41 Å². The van der Waals surface area contributed by atoms with Crippen LogP contribution in [-0.4, -0.2) is 17.6 Å². The maximum absolute atomic E-state index is 11.1. The van der Waals surface area contributed by atoms with Gasteiger partial charge in [0, 0.05) is 13.1 Å².